The minimum Gasteiger partial charge on any atom is -0.248 e. The second-order valence-electron chi connectivity index (χ2n) is 6.11. The molecule has 0 spiro atoms. The van der Waals surface area contributed by atoms with Crippen LogP contribution in [0, 0.1) is 0 Å². The van der Waals surface area contributed by atoms with Gasteiger partial charge in [0.05, 0.1) is 17.1 Å². The van der Waals surface area contributed by atoms with Gasteiger partial charge in [-0.1, -0.05) is 54.6 Å². The molecule has 130 valence electrons. The van der Waals surface area contributed by atoms with Crippen LogP contribution >= 0.6 is 0 Å². The summed E-state index contributed by atoms with van der Waals surface area (Å²) in [5, 5.41) is 13.5. The van der Waals surface area contributed by atoms with E-state index < -0.39 is 10.0 Å². The van der Waals surface area contributed by atoms with Crippen LogP contribution in [-0.2, 0) is 23.0 Å². The highest BCUT2D eigenvalue weighted by atomic mass is 32.2. The third-order valence-electron chi connectivity index (χ3n) is 4.07. The SMILES string of the molecule is C[C@H](Cc1cn(Cc2ccc(S(N)(=O)=O)cc2)nn1)c1ccccc1. The second kappa shape index (κ2) is 7.16. The minimum absolute atomic E-state index is 0.104. The minimum atomic E-state index is -3.66. The number of hydrogen-bond acceptors (Lipinski definition) is 4. The molecule has 0 fully saturated rings. The number of rotatable bonds is 6. The van der Waals surface area contributed by atoms with Crippen molar-refractivity contribution in [3.8, 4) is 0 Å². The van der Waals surface area contributed by atoms with Gasteiger partial charge in [0, 0.05) is 6.20 Å². The van der Waals surface area contributed by atoms with Crippen LogP contribution in [0.4, 0.5) is 0 Å². The molecule has 0 aliphatic carbocycles. The van der Waals surface area contributed by atoms with Crippen molar-refractivity contribution in [2.45, 2.75) is 30.7 Å². The lowest BCUT2D eigenvalue weighted by molar-refractivity contribution is 0.597. The van der Waals surface area contributed by atoms with E-state index in [1.165, 1.54) is 17.7 Å². The Morgan fingerprint density at radius 3 is 2.40 bits per heavy atom. The van der Waals surface area contributed by atoms with Crippen molar-refractivity contribution in [2.24, 2.45) is 5.14 Å². The van der Waals surface area contributed by atoms with Crippen molar-refractivity contribution in [3.05, 3.63) is 77.6 Å². The van der Waals surface area contributed by atoms with E-state index in [0.29, 0.717) is 12.5 Å². The van der Waals surface area contributed by atoms with Gasteiger partial charge < -0.3 is 0 Å². The standard InChI is InChI=1S/C18H20N4O2S/c1-14(16-5-3-2-4-6-16)11-17-13-22(21-20-17)12-15-7-9-18(10-8-15)25(19,23)24/h2-10,13-14H,11-12H2,1H3,(H2,19,23,24)/t14-/m1/s1. The molecule has 2 aromatic carbocycles. The number of nitrogens with two attached hydrogens (primary N) is 1. The molecule has 3 aromatic rings. The Morgan fingerprint density at radius 2 is 1.76 bits per heavy atom. The lowest BCUT2D eigenvalue weighted by Crippen LogP contribution is -2.12. The van der Waals surface area contributed by atoms with Crippen molar-refractivity contribution < 1.29 is 8.42 Å². The molecular weight excluding hydrogens is 336 g/mol. The van der Waals surface area contributed by atoms with Crippen LogP contribution in [0.25, 0.3) is 0 Å². The Bertz CT molecular complexity index is 935. The molecule has 1 heterocycles. The third kappa shape index (κ3) is 4.52. The number of hydrogen-bond donors (Lipinski definition) is 1. The number of aromatic nitrogens is 3. The van der Waals surface area contributed by atoms with Crippen molar-refractivity contribution in [3.63, 3.8) is 0 Å². The van der Waals surface area contributed by atoms with Gasteiger partial charge in [0.25, 0.3) is 0 Å². The van der Waals surface area contributed by atoms with E-state index in [1.807, 2.05) is 24.4 Å². The van der Waals surface area contributed by atoms with Crippen molar-refractivity contribution in [1.82, 2.24) is 15.0 Å². The maximum Gasteiger partial charge on any atom is 0.238 e. The van der Waals surface area contributed by atoms with Crippen molar-refractivity contribution in [2.75, 3.05) is 0 Å². The van der Waals surface area contributed by atoms with Gasteiger partial charge in [-0.2, -0.15) is 0 Å². The van der Waals surface area contributed by atoms with Crippen LogP contribution in [0.5, 0.6) is 0 Å². The molecule has 0 saturated carbocycles. The fourth-order valence-electron chi connectivity index (χ4n) is 2.69. The molecule has 2 N–H and O–H groups in total. The zero-order valence-electron chi connectivity index (χ0n) is 13.9. The van der Waals surface area contributed by atoms with Gasteiger partial charge in [-0.25, -0.2) is 18.2 Å². The Balaban J connectivity index is 1.65. The summed E-state index contributed by atoms with van der Waals surface area (Å²) in [4.78, 5) is 0.104. The van der Waals surface area contributed by atoms with E-state index in [9.17, 15) is 8.42 Å². The molecule has 0 radical (unpaired) electrons. The summed E-state index contributed by atoms with van der Waals surface area (Å²) < 4.78 is 24.3. The van der Waals surface area contributed by atoms with E-state index >= 15 is 0 Å². The van der Waals surface area contributed by atoms with Crippen LogP contribution in [0.15, 0.2) is 65.7 Å². The van der Waals surface area contributed by atoms with Crippen LogP contribution in [-0.4, -0.2) is 23.4 Å². The summed E-state index contributed by atoms with van der Waals surface area (Å²) in [6.07, 6.45) is 2.74. The number of benzene rings is 2. The topological polar surface area (TPSA) is 90.9 Å². The molecule has 6 nitrogen and oxygen atoms in total. The van der Waals surface area contributed by atoms with E-state index in [-0.39, 0.29) is 4.90 Å². The average molecular weight is 356 g/mol. The van der Waals surface area contributed by atoms with E-state index in [0.717, 1.165) is 17.7 Å². The highest BCUT2D eigenvalue weighted by Gasteiger charge is 2.10. The van der Waals surface area contributed by atoms with Gasteiger partial charge in [-0.3, -0.25) is 0 Å². The molecule has 25 heavy (non-hydrogen) atoms. The summed E-state index contributed by atoms with van der Waals surface area (Å²) in [5.41, 5.74) is 3.13. The molecule has 0 aliphatic rings. The Morgan fingerprint density at radius 1 is 1.08 bits per heavy atom. The molecule has 0 unspecified atom stereocenters. The van der Waals surface area contributed by atoms with Gasteiger partial charge in [0.15, 0.2) is 0 Å². The van der Waals surface area contributed by atoms with Gasteiger partial charge in [-0.05, 0) is 35.6 Å². The maximum atomic E-state index is 11.3. The van der Waals surface area contributed by atoms with Crippen LogP contribution in [0.2, 0.25) is 0 Å². The van der Waals surface area contributed by atoms with E-state index in [1.54, 1.807) is 16.8 Å². The summed E-state index contributed by atoms with van der Waals surface area (Å²) in [7, 11) is -3.66. The van der Waals surface area contributed by atoms with Gasteiger partial charge in [-0.15, -0.1) is 5.10 Å². The molecule has 3 rings (SSSR count). The molecular formula is C18H20N4O2S. The Labute approximate surface area is 147 Å². The van der Waals surface area contributed by atoms with E-state index in [4.69, 9.17) is 5.14 Å². The first-order valence-corrected chi connectivity index (χ1v) is 9.52. The predicted octanol–water partition coefficient (Wildman–Crippen LogP) is 2.32. The summed E-state index contributed by atoms with van der Waals surface area (Å²) in [5.74, 6) is 0.361. The van der Waals surface area contributed by atoms with Crippen LogP contribution in [0.3, 0.4) is 0 Å². The zero-order chi connectivity index (χ0) is 17.9. The fourth-order valence-corrected chi connectivity index (χ4v) is 3.21. The zero-order valence-corrected chi connectivity index (χ0v) is 14.7. The molecule has 0 saturated heterocycles. The Kier molecular flexibility index (Phi) is 4.96. The lowest BCUT2D eigenvalue weighted by atomic mass is 9.97. The van der Waals surface area contributed by atoms with Crippen LogP contribution < -0.4 is 5.14 Å². The van der Waals surface area contributed by atoms with E-state index in [2.05, 4.69) is 29.4 Å². The largest absolute Gasteiger partial charge is 0.248 e. The summed E-state index contributed by atoms with van der Waals surface area (Å²) in [6.45, 7) is 2.69. The third-order valence-corrected chi connectivity index (χ3v) is 5.00. The fraction of sp³-hybridized carbons (Fsp3) is 0.222. The van der Waals surface area contributed by atoms with Crippen LogP contribution in [0.1, 0.15) is 29.7 Å². The first kappa shape index (κ1) is 17.3. The predicted molar refractivity (Wildman–Crippen MR) is 95.5 cm³/mol. The average Bonchev–Trinajstić information content (AvgIpc) is 3.02. The number of nitrogens with zero attached hydrogens (tertiary/aromatic N) is 3. The number of sulfonamides is 1. The maximum absolute atomic E-state index is 11.3. The normalized spacial score (nSPS) is 12.9. The van der Waals surface area contributed by atoms with Gasteiger partial charge in [0.1, 0.15) is 0 Å². The molecule has 0 aliphatic heterocycles. The first-order chi connectivity index (χ1) is 11.9. The molecule has 0 bridgehead atoms. The highest BCUT2D eigenvalue weighted by Crippen LogP contribution is 2.19. The van der Waals surface area contributed by atoms with Crippen molar-refractivity contribution in [1.29, 1.82) is 0 Å². The summed E-state index contributed by atoms with van der Waals surface area (Å²) in [6, 6.07) is 16.8. The molecule has 1 atom stereocenters. The Hall–Kier alpha value is -2.51. The number of primary sulfonamides is 1. The first-order valence-electron chi connectivity index (χ1n) is 7.97. The molecule has 1 aromatic heterocycles. The van der Waals surface area contributed by atoms with Gasteiger partial charge >= 0.3 is 0 Å². The monoisotopic (exact) mass is 356 g/mol. The second-order valence-corrected chi connectivity index (χ2v) is 7.67. The smallest absolute Gasteiger partial charge is 0.238 e. The lowest BCUT2D eigenvalue weighted by Gasteiger charge is -2.09. The quantitative estimate of drug-likeness (QED) is 0.734. The molecule has 7 heteroatoms. The highest BCUT2D eigenvalue weighted by molar-refractivity contribution is 7.89. The molecule has 0 amide bonds. The van der Waals surface area contributed by atoms with Gasteiger partial charge in [0.2, 0.25) is 10.0 Å². The van der Waals surface area contributed by atoms with Crippen molar-refractivity contribution >= 4 is 10.0 Å². The summed E-state index contributed by atoms with van der Waals surface area (Å²) >= 11 is 0.